The Morgan fingerprint density at radius 2 is 2.12 bits per heavy atom. The molecule has 2 heterocycles. The van der Waals surface area contributed by atoms with Crippen LogP contribution in [0.25, 0.3) is 0 Å². The molecule has 2 rings (SSSR count). The molecule has 24 heavy (non-hydrogen) atoms. The number of aryl methyl sites for hydroxylation is 1. The molecule has 0 aliphatic rings. The highest BCUT2D eigenvalue weighted by atomic mass is 35.5. The van der Waals surface area contributed by atoms with Crippen molar-refractivity contribution in [3.63, 3.8) is 0 Å². The molecule has 0 aliphatic heterocycles. The Labute approximate surface area is 145 Å². The molecule has 1 N–H and O–H groups in total. The van der Waals surface area contributed by atoms with Crippen LogP contribution in [0.4, 0.5) is 5.69 Å². The number of amidine groups is 2. The van der Waals surface area contributed by atoms with E-state index >= 15 is 0 Å². The van der Waals surface area contributed by atoms with Crippen molar-refractivity contribution in [1.82, 2.24) is 15.0 Å². The predicted octanol–water partition coefficient (Wildman–Crippen LogP) is 3.46. The van der Waals surface area contributed by atoms with Crippen LogP contribution in [0, 0.1) is 6.92 Å². The standard InChI is InChI=1S/C17H17ClN6/c1-4-5-6-16(23-14-7-8-20-10-13(14)18)24-17(19-3)15-11-21-9-12(2)22-15/h4-11H,1H2,2-3H3,(H,19,20,23,24)/b6-5+. The van der Waals surface area contributed by atoms with E-state index < -0.39 is 0 Å². The number of nitrogens with zero attached hydrogens (tertiary/aromatic N) is 5. The number of hydrogen-bond acceptors (Lipinski definition) is 4. The van der Waals surface area contributed by atoms with E-state index in [2.05, 4.69) is 36.8 Å². The van der Waals surface area contributed by atoms with Gasteiger partial charge in [0.15, 0.2) is 5.84 Å². The molecule has 2 aromatic heterocycles. The number of pyridine rings is 1. The van der Waals surface area contributed by atoms with E-state index in [1.54, 1.807) is 56.1 Å². The molecule has 0 saturated heterocycles. The predicted molar refractivity (Wildman–Crippen MR) is 98.9 cm³/mol. The number of anilines is 1. The van der Waals surface area contributed by atoms with Crippen molar-refractivity contribution in [2.75, 3.05) is 12.4 Å². The molecule has 0 amide bonds. The normalized spacial score (nSPS) is 12.5. The van der Waals surface area contributed by atoms with Crippen LogP contribution in [-0.2, 0) is 0 Å². The highest BCUT2D eigenvalue weighted by molar-refractivity contribution is 6.33. The Bertz CT molecular complexity index is 810. The van der Waals surface area contributed by atoms with Gasteiger partial charge in [0.05, 0.1) is 22.6 Å². The van der Waals surface area contributed by atoms with Crippen molar-refractivity contribution in [2.45, 2.75) is 6.92 Å². The first-order valence-corrected chi connectivity index (χ1v) is 7.52. The molecule has 0 aromatic carbocycles. The summed E-state index contributed by atoms with van der Waals surface area (Å²) in [7, 11) is 1.65. The summed E-state index contributed by atoms with van der Waals surface area (Å²) in [6.45, 7) is 5.53. The van der Waals surface area contributed by atoms with Crippen molar-refractivity contribution in [3.8, 4) is 0 Å². The summed E-state index contributed by atoms with van der Waals surface area (Å²) in [5.41, 5.74) is 2.06. The molecule has 0 atom stereocenters. The van der Waals surface area contributed by atoms with Crippen LogP contribution < -0.4 is 5.32 Å². The Morgan fingerprint density at radius 3 is 2.79 bits per heavy atom. The number of rotatable bonds is 4. The molecular formula is C17H17ClN6. The first-order chi connectivity index (χ1) is 11.6. The Balaban J connectivity index is 2.38. The second kappa shape index (κ2) is 8.69. The van der Waals surface area contributed by atoms with Gasteiger partial charge in [0.2, 0.25) is 0 Å². The van der Waals surface area contributed by atoms with Crippen LogP contribution in [0.15, 0.2) is 65.6 Å². The quantitative estimate of drug-likeness (QED) is 0.525. The lowest BCUT2D eigenvalue weighted by Crippen LogP contribution is -2.14. The zero-order chi connectivity index (χ0) is 17.4. The smallest absolute Gasteiger partial charge is 0.176 e. The zero-order valence-electron chi connectivity index (χ0n) is 13.4. The average Bonchev–Trinajstić information content (AvgIpc) is 2.59. The lowest BCUT2D eigenvalue weighted by molar-refractivity contribution is 1.09. The molecule has 0 radical (unpaired) electrons. The van der Waals surface area contributed by atoms with E-state index in [-0.39, 0.29) is 0 Å². The van der Waals surface area contributed by atoms with Crippen molar-refractivity contribution < 1.29 is 0 Å². The summed E-state index contributed by atoms with van der Waals surface area (Å²) in [4.78, 5) is 21.2. The molecule has 0 spiro atoms. The van der Waals surface area contributed by atoms with Crippen molar-refractivity contribution in [1.29, 1.82) is 0 Å². The summed E-state index contributed by atoms with van der Waals surface area (Å²) < 4.78 is 0. The van der Waals surface area contributed by atoms with E-state index in [0.29, 0.717) is 28.1 Å². The third kappa shape index (κ3) is 4.82. The highest BCUT2D eigenvalue weighted by Gasteiger charge is 2.07. The maximum atomic E-state index is 6.13. The Kier molecular flexibility index (Phi) is 6.33. The largest absolute Gasteiger partial charge is 0.339 e. The van der Waals surface area contributed by atoms with E-state index in [0.717, 1.165) is 5.69 Å². The fourth-order valence-corrected chi connectivity index (χ4v) is 1.95. The van der Waals surface area contributed by atoms with Gasteiger partial charge in [-0.05, 0) is 19.1 Å². The summed E-state index contributed by atoms with van der Waals surface area (Å²) in [5, 5.41) is 3.63. The van der Waals surface area contributed by atoms with Gasteiger partial charge in [0.25, 0.3) is 0 Å². The highest BCUT2D eigenvalue weighted by Crippen LogP contribution is 2.19. The molecule has 122 valence electrons. The van der Waals surface area contributed by atoms with E-state index in [4.69, 9.17) is 11.6 Å². The second-order valence-corrected chi connectivity index (χ2v) is 5.07. The van der Waals surface area contributed by atoms with E-state index in [9.17, 15) is 0 Å². The van der Waals surface area contributed by atoms with Gasteiger partial charge in [0, 0.05) is 25.6 Å². The maximum absolute atomic E-state index is 6.13. The summed E-state index contributed by atoms with van der Waals surface area (Å²) in [6, 6.07) is 1.76. The number of aliphatic imine (C=N–C) groups is 2. The van der Waals surface area contributed by atoms with Crippen LogP contribution in [0.5, 0.6) is 0 Å². The molecule has 6 nitrogen and oxygen atoms in total. The Morgan fingerprint density at radius 1 is 1.29 bits per heavy atom. The number of allylic oxidation sites excluding steroid dienone is 2. The monoisotopic (exact) mass is 340 g/mol. The fourth-order valence-electron chi connectivity index (χ4n) is 1.79. The molecular weight excluding hydrogens is 324 g/mol. The molecule has 2 aromatic rings. The van der Waals surface area contributed by atoms with Crippen LogP contribution in [-0.4, -0.2) is 33.7 Å². The molecule has 0 unspecified atom stereocenters. The number of hydrogen-bond donors (Lipinski definition) is 1. The molecule has 0 bridgehead atoms. The number of aromatic nitrogens is 3. The summed E-state index contributed by atoms with van der Waals surface area (Å²) >= 11 is 6.13. The summed E-state index contributed by atoms with van der Waals surface area (Å²) in [6.07, 6.45) is 11.7. The zero-order valence-corrected chi connectivity index (χ0v) is 14.2. The van der Waals surface area contributed by atoms with Crippen LogP contribution in [0.3, 0.4) is 0 Å². The third-order valence-electron chi connectivity index (χ3n) is 2.85. The summed E-state index contributed by atoms with van der Waals surface area (Å²) in [5.74, 6) is 0.986. The van der Waals surface area contributed by atoms with Gasteiger partial charge in [-0.2, -0.15) is 0 Å². The number of nitrogens with one attached hydrogen (secondary N) is 1. The molecule has 0 saturated carbocycles. The lowest BCUT2D eigenvalue weighted by Gasteiger charge is -2.09. The maximum Gasteiger partial charge on any atom is 0.176 e. The van der Waals surface area contributed by atoms with Gasteiger partial charge in [-0.25, -0.2) is 9.98 Å². The minimum atomic E-state index is 0.451. The SMILES string of the molecule is C=C/C=C/C(=NC(=NC)c1cncc(C)n1)Nc1ccncc1Cl. The number of halogens is 1. The first-order valence-electron chi connectivity index (χ1n) is 7.14. The van der Waals surface area contributed by atoms with E-state index in [1.807, 2.05) is 6.92 Å². The average molecular weight is 341 g/mol. The topological polar surface area (TPSA) is 75.4 Å². The second-order valence-electron chi connectivity index (χ2n) is 4.67. The Hall–Kier alpha value is -2.86. The van der Waals surface area contributed by atoms with Gasteiger partial charge in [0.1, 0.15) is 11.5 Å². The van der Waals surface area contributed by atoms with E-state index in [1.165, 1.54) is 0 Å². The van der Waals surface area contributed by atoms with Crippen LogP contribution >= 0.6 is 11.6 Å². The molecule has 7 heteroatoms. The van der Waals surface area contributed by atoms with Crippen molar-refractivity contribution in [2.24, 2.45) is 9.98 Å². The molecule has 0 fully saturated rings. The van der Waals surface area contributed by atoms with Gasteiger partial charge >= 0.3 is 0 Å². The van der Waals surface area contributed by atoms with Crippen molar-refractivity contribution >= 4 is 29.0 Å². The van der Waals surface area contributed by atoms with Gasteiger partial charge in [-0.3, -0.25) is 15.0 Å². The molecule has 0 aliphatic carbocycles. The van der Waals surface area contributed by atoms with Gasteiger partial charge in [-0.1, -0.05) is 30.3 Å². The first kappa shape index (κ1) is 17.5. The third-order valence-corrected chi connectivity index (χ3v) is 3.15. The van der Waals surface area contributed by atoms with Crippen molar-refractivity contribution in [3.05, 3.63) is 72.1 Å². The van der Waals surface area contributed by atoms with Crippen LogP contribution in [0.1, 0.15) is 11.4 Å². The fraction of sp³-hybridized carbons (Fsp3) is 0.118. The van der Waals surface area contributed by atoms with Gasteiger partial charge in [-0.15, -0.1) is 0 Å². The lowest BCUT2D eigenvalue weighted by atomic mass is 10.3. The van der Waals surface area contributed by atoms with Gasteiger partial charge < -0.3 is 5.32 Å². The minimum Gasteiger partial charge on any atom is -0.339 e. The minimum absolute atomic E-state index is 0.451. The van der Waals surface area contributed by atoms with Crippen LogP contribution in [0.2, 0.25) is 5.02 Å².